The fraction of sp³-hybridized carbons (Fsp3) is 0.929. The van der Waals surface area contributed by atoms with Crippen molar-refractivity contribution in [2.75, 3.05) is 0 Å². The lowest BCUT2D eigenvalue weighted by molar-refractivity contribution is -0.127. The second kappa shape index (κ2) is 5.81. The van der Waals surface area contributed by atoms with Crippen molar-refractivity contribution in [3.8, 4) is 0 Å². The number of unbranched alkanes of at least 4 members (excludes halogenated alkanes) is 4. The fourth-order valence-corrected chi connectivity index (χ4v) is 1.97. The molecule has 0 saturated carbocycles. The molecule has 0 aromatic heterocycles. The maximum absolute atomic E-state index is 11.8. The molecule has 0 aromatic rings. The van der Waals surface area contributed by atoms with Gasteiger partial charge in [-0.3, -0.25) is 4.79 Å². The molecule has 0 bridgehead atoms. The molecule has 94 valence electrons. The van der Waals surface area contributed by atoms with Gasteiger partial charge in [0.1, 0.15) is 6.10 Å². The van der Waals surface area contributed by atoms with E-state index in [1.54, 1.807) is 0 Å². The van der Waals surface area contributed by atoms with Gasteiger partial charge in [-0.2, -0.15) is 0 Å². The third-order valence-electron chi connectivity index (χ3n) is 3.17. The highest BCUT2D eigenvalue weighted by atomic mass is 16.6. The van der Waals surface area contributed by atoms with Crippen molar-refractivity contribution in [2.45, 2.75) is 78.4 Å². The number of hydrogen-bond acceptors (Lipinski definition) is 2. The van der Waals surface area contributed by atoms with Crippen LogP contribution in [0.3, 0.4) is 0 Å². The molecule has 1 heterocycles. The zero-order valence-corrected chi connectivity index (χ0v) is 11.2. The minimum atomic E-state index is -0.248. The molecule has 1 rings (SSSR count). The summed E-state index contributed by atoms with van der Waals surface area (Å²) in [6.07, 6.45) is 7.63. The molecule has 1 aliphatic heterocycles. The van der Waals surface area contributed by atoms with E-state index < -0.39 is 0 Å². The molecule has 16 heavy (non-hydrogen) atoms. The third kappa shape index (κ3) is 4.25. The van der Waals surface area contributed by atoms with E-state index >= 15 is 0 Å². The molecule has 0 spiro atoms. The van der Waals surface area contributed by atoms with E-state index in [4.69, 9.17) is 4.74 Å². The zero-order chi connectivity index (χ0) is 12.2. The molecule has 0 aromatic carbocycles. The Balaban J connectivity index is 2.09. The minimum absolute atomic E-state index is 0.0915. The van der Waals surface area contributed by atoms with Crippen molar-refractivity contribution in [3.63, 3.8) is 0 Å². The first-order valence-electron chi connectivity index (χ1n) is 6.66. The smallest absolute Gasteiger partial charge is 0.169 e. The van der Waals surface area contributed by atoms with Crippen molar-refractivity contribution >= 4 is 5.78 Å². The van der Waals surface area contributed by atoms with Crippen LogP contribution in [0.5, 0.6) is 0 Å². The predicted molar refractivity (Wildman–Crippen MR) is 66.5 cm³/mol. The molecular formula is C14H26O2. The highest BCUT2D eigenvalue weighted by Crippen LogP contribution is 2.33. The molecule has 2 heteroatoms. The maximum atomic E-state index is 11.8. The molecule has 1 aliphatic rings. The Bertz CT molecular complexity index is 227. The summed E-state index contributed by atoms with van der Waals surface area (Å²) in [6, 6.07) is 0. The van der Waals surface area contributed by atoms with Gasteiger partial charge in [0.05, 0.1) is 6.10 Å². The lowest BCUT2D eigenvalue weighted by atomic mass is 9.87. The monoisotopic (exact) mass is 226 g/mol. The van der Waals surface area contributed by atoms with Crippen molar-refractivity contribution < 1.29 is 9.53 Å². The average Bonchev–Trinajstić information content (AvgIpc) is 2.94. The summed E-state index contributed by atoms with van der Waals surface area (Å²) in [5.74, 6) is 0.269. The molecule has 2 atom stereocenters. The molecule has 0 N–H and O–H groups in total. The number of carbonyl (C=O) groups excluding carboxylic acids is 1. The first-order valence-corrected chi connectivity index (χ1v) is 6.66. The van der Waals surface area contributed by atoms with Gasteiger partial charge in [0.25, 0.3) is 0 Å². The molecular weight excluding hydrogens is 200 g/mol. The zero-order valence-electron chi connectivity index (χ0n) is 11.2. The summed E-state index contributed by atoms with van der Waals surface area (Å²) in [5.41, 5.74) is -0.248. The molecule has 1 fully saturated rings. The summed E-state index contributed by atoms with van der Waals surface area (Å²) < 4.78 is 5.46. The van der Waals surface area contributed by atoms with Crippen LogP contribution in [-0.4, -0.2) is 18.0 Å². The van der Waals surface area contributed by atoms with E-state index in [9.17, 15) is 4.79 Å². The van der Waals surface area contributed by atoms with Crippen molar-refractivity contribution in [1.82, 2.24) is 0 Å². The Morgan fingerprint density at radius 2 is 1.75 bits per heavy atom. The molecule has 0 amide bonds. The number of epoxide rings is 1. The van der Waals surface area contributed by atoms with E-state index in [0.717, 1.165) is 6.42 Å². The number of hydrogen-bond donors (Lipinski definition) is 0. The van der Waals surface area contributed by atoms with Gasteiger partial charge in [-0.1, -0.05) is 59.8 Å². The Hall–Kier alpha value is -0.370. The van der Waals surface area contributed by atoms with Crippen LogP contribution in [0.2, 0.25) is 0 Å². The number of rotatable bonds is 7. The summed E-state index contributed by atoms with van der Waals surface area (Å²) in [6.45, 7) is 8.13. The van der Waals surface area contributed by atoms with E-state index in [-0.39, 0.29) is 23.4 Å². The standard InChI is InChI=1S/C14H26O2/c1-5-6-7-8-9-10-11-12(16-11)13(15)14(2,3)4/h11-12H,5-10H2,1-4H3/t11-,12+/m1/s1. The minimum Gasteiger partial charge on any atom is -0.361 e. The molecule has 0 aliphatic carbocycles. The Kier molecular flexibility index (Phi) is 4.97. The van der Waals surface area contributed by atoms with Crippen LogP contribution in [0.1, 0.15) is 66.2 Å². The summed E-state index contributed by atoms with van der Waals surface area (Å²) in [7, 11) is 0. The SMILES string of the molecule is CCCCCCC[C@H]1O[C@@H]1C(=O)C(C)(C)C. The summed E-state index contributed by atoms with van der Waals surface area (Å²) >= 11 is 0. The van der Waals surface area contributed by atoms with Crippen LogP contribution in [0.25, 0.3) is 0 Å². The largest absolute Gasteiger partial charge is 0.361 e. The second-order valence-electron chi connectivity index (χ2n) is 5.91. The maximum Gasteiger partial charge on any atom is 0.169 e. The Labute approximate surface area is 99.8 Å². The third-order valence-corrected chi connectivity index (χ3v) is 3.17. The van der Waals surface area contributed by atoms with Crippen LogP contribution in [0.15, 0.2) is 0 Å². The average molecular weight is 226 g/mol. The van der Waals surface area contributed by atoms with E-state index in [2.05, 4.69) is 6.92 Å². The van der Waals surface area contributed by atoms with Gasteiger partial charge in [-0.15, -0.1) is 0 Å². The van der Waals surface area contributed by atoms with E-state index in [0.29, 0.717) is 0 Å². The first kappa shape index (κ1) is 13.7. The van der Waals surface area contributed by atoms with Crippen molar-refractivity contribution in [3.05, 3.63) is 0 Å². The van der Waals surface area contributed by atoms with Gasteiger partial charge in [0.15, 0.2) is 5.78 Å². The number of Topliss-reactive ketones (excluding diaryl/α,β-unsaturated/α-hetero) is 1. The number of ketones is 1. The van der Waals surface area contributed by atoms with Gasteiger partial charge < -0.3 is 4.74 Å². The van der Waals surface area contributed by atoms with Crippen molar-refractivity contribution in [1.29, 1.82) is 0 Å². The van der Waals surface area contributed by atoms with Gasteiger partial charge in [-0.05, 0) is 6.42 Å². The lowest BCUT2D eigenvalue weighted by Gasteiger charge is -2.14. The van der Waals surface area contributed by atoms with Crippen LogP contribution in [0, 0.1) is 5.41 Å². The normalized spacial score (nSPS) is 24.5. The van der Waals surface area contributed by atoms with E-state index in [1.165, 1.54) is 32.1 Å². The first-order chi connectivity index (χ1) is 7.46. The Morgan fingerprint density at radius 3 is 2.31 bits per heavy atom. The van der Waals surface area contributed by atoms with Gasteiger partial charge in [0.2, 0.25) is 0 Å². The Morgan fingerprint density at radius 1 is 1.12 bits per heavy atom. The van der Waals surface area contributed by atoms with Crippen LogP contribution in [0.4, 0.5) is 0 Å². The molecule has 0 unspecified atom stereocenters. The quantitative estimate of drug-likeness (QED) is 0.489. The van der Waals surface area contributed by atoms with Crippen LogP contribution < -0.4 is 0 Å². The highest BCUT2D eigenvalue weighted by molar-refractivity contribution is 5.90. The lowest BCUT2D eigenvalue weighted by Crippen LogP contribution is -2.26. The summed E-state index contributed by atoms with van der Waals surface area (Å²) in [4.78, 5) is 11.8. The molecule has 1 saturated heterocycles. The predicted octanol–water partition coefficient (Wildman–Crippen LogP) is 3.73. The second-order valence-corrected chi connectivity index (χ2v) is 5.91. The van der Waals surface area contributed by atoms with E-state index in [1.807, 2.05) is 20.8 Å². The molecule has 0 radical (unpaired) electrons. The summed E-state index contributed by atoms with van der Waals surface area (Å²) in [5, 5.41) is 0. The number of ether oxygens (including phenoxy) is 1. The van der Waals surface area contributed by atoms with Crippen LogP contribution >= 0.6 is 0 Å². The van der Waals surface area contributed by atoms with Crippen LogP contribution in [-0.2, 0) is 9.53 Å². The van der Waals surface area contributed by atoms with Gasteiger partial charge >= 0.3 is 0 Å². The van der Waals surface area contributed by atoms with Gasteiger partial charge in [-0.25, -0.2) is 0 Å². The highest BCUT2D eigenvalue weighted by Gasteiger charge is 2.47. The fourth-order valence-electron chi connectivity index (χ4n) is 1.97. The molecule has 2 nitrogen and oxygen atoms in total. The topological polar surface area (TPSA) is 29.6 Å². The number of carbonyl (C=O) groups is 1. The van der Waals surface area contributed by atoms with Crippen molar-refractivity contribution in [2.24, 2.45) is 5.41 Å². The van der Waals surface area contributed by atoms with Gasteiger partial charge in [0, 0.05) is 5.41 Å².